The monoisotopic (exact) mass is 379 g/mol. The van der Waals surface area contributed by atoms with Gasteiger partial charge in [0.05, 0.1) is 11.4 Å². The summed E-state index contributed by atoms with van der Waals surface area (Å²) in [5, 5.41) is 6.15. The molecular weight excluding hydrogens is 346 g/mol. The maximum atomic E-state index is 12.7. The van der Waals surface area contributed by atoms with Gasteiger partial charge in [-0.3, -0.25) is 0 Å². The molecule has 0 aromatic heterocycles. The molecule has 0 saturated carbocycles. The number of carbonyl (C=O) groups excluding carboxylic acids is 1. The number of amides is 2. The first-order valence-electron chi connectivity index (χ1n) is 10.5. The van der Waals surface area contributed by atoms with Crippen LogP contribution in [0.5, 0.6) is 0 Å². The van der Waals surface area contributed by atoms with E-state index in [1.54, 1.807) is 0 Å². The molecule has 1 heterocycles. The molecule has 0 spiro atoms. The summed E-state index contributed by atoms with van der Waals surface area (Å²) in [6.45, 7) is 10.5. The van der Waals surface area contributed by atoms with Crippen LogP contribution in [0.1, 0.15) is 54.9 Å². The van der Waals surface area contributed by atoms with Crippen LogP contribution >= 0.6 is 0 Å². The number of anilines is 3. The first kappa shape index (κ1) is 20.2. The Balaban J connectivity index is 1.71. The zero-order chi connectivity index (χ0) is 20.1. The number of hydrogen-bond acceptors (Lipinski definition) is 2. The average Bonchev–Trinajstić information content (AvgIpc) is 3.06. The third-order valence-electron chi connectivity index (χ3n) is 5.53. The Hall–Kier alpha value is -2.49. The fraction of sp³-hybridized carbons (Fsp3) is 0.458. The summed E-state index contributed by atoms with van der Waals surface area (Å²) in [5.74, 6) is 0. The van der Waals surface area contributed by atoms with Gasteiger partial charge in [0.25, 0.3) is 0 Å². The maximum absolute atomic E-state index is 12.7. The van der Waals surface area contributed by atoms with Crippen molar-refractivity contribution < 1.29 is 4.79 Å². The second kappa shape index (κ2) is 9.13. The third-order valence-corrected chi connectivity index (χ3v) is 5.53. The predicted molar refractivity (Wildman–Crippen MR) is 120 cm³/mol. The van der Waals surface area contributed by atoms with Crippen molar-refractivity contribution in [2.45, 2.75) is 59.8 Å². The molecule has 1 aliphatic heterocycles. The molecule has 150 valence electrons. The summed E-state index contributed by atoms with van der Waals surface area (Å²) in [7, 11) is 0. The van der Waals surface area contributed by atoms with Crippen LogP contribution in [0.25, 0.3) is 0 Å². The molecule has 0 bridgehead atoms. The Morgan fingerprint density at radius 1 is 1.04 bits per heavy atom. The molecule has 0 atom stereocenters. The van der Waals surface area contributed by atoms with E-state index in [0.717, 1.165) is 42.0 Å². The molecule has 1 aliphatic rings. The van der Waals surface area contributed by atoms with Gasteiger partial charge in [-0.2, -0.15) is 0 Å². The van der Waals surface area contributed by atoms with E-state index >= 15 is 0 Å². The van der Waals surface area contributed by atoms with Crippen LogP contribution in [-0.2, 0) is 6.42 Å². The van der Waals surface area contributed by atoms with E-state index in [1.807, 2.05) is 26.0 Å². The number of carbonyl (C=O) groups is 1. The van der Waals surface area contributed by atoms with Crippen molar-refractivity contribution in [2.75, 3.05) is 28.6 Å². The van der Waals surface area contributed by atoms with Gasteiger partial charge in [0.1, 0.15) is 0 Å². The van der Waals surface area contributed by atoms with Gasteiger partial charge in [0.15, 0.2) is 0 Å². The van der Waals surface area contributed by atoms with Crippen molar-refractivity contribution in [3.05, 3.63) is 52.6 Å². The number of unbranched alkanes of at least 4 members (excludes halogenated alkanes) is 3. The summed E-state index contributed by atoms with van der Waals surface area (Å²) >= 11 is 0. The summed E-state index contributed by atoms with van der Waals surface area (Å²) in [4.78, 5) is 15.2. The van der Waals surface area contributed by atoms with Crippen LogP contribution in [0.2, 0.25) is 0 Å². The fourth-order valence-electron chi connectivity index (χ4n) is 4.23. The molecular formula is C24H33N3O. The van der Waals surface area contributed by atoms with Crippen molar-refractivity contribution >= 4 is 23.1 Å². The minimum atomic E-state index is -0.179. The third kappa shape index (κ3) is 4.67. The molecule has 0 aliphatic carbocycles. The van der Waals surface area contributed by atoms with Crippen LogP contribution in [0.15, 0.2) is 30.3 Å². The molecule has 2 aromatic rings. The molecule has 3 rings (SSSR count). The van der Waals surface area contributed by atoms with E-state index in [9.17, 15) is 4.79 Å². The Kier molecular flexibility index (Phi) is 6.61. The summed E-state index contributed by atoms with van der Waals surface area (Å²) < 4.78 is 0. The van der Waals surface area contributed by atoms with Crippen molar-refractivity contribution in [3.63, 3.8) is 0 Å². The number of nitrogens with zero attached hydrogens (tertiary/aromatic N) is 1. The molecule has 2 amide bonds. The van der Waals surface area contributed by atoms with Crippen molar-refractivity contribution in [1.29, 1.82) is 0 Å². The lowest BCUT2D eigenvalue weighted by atomic mass is 10.1. The minimum Gasteiger partial charge on any atom is -0.369 e. The van der Waals surface area contributed by atoms with Gasteiger partial charge >= 0.3 is 6.03 Å². The van der Waals surface area contributed by atoms with Crippen LogP contribution in [0.4, 0.5) is 21.9 Å². The lowest BCUT2D eigenvalue weighted by molar-refractivity contribution is 0.262. The van der Waals surface area contributed by atoms with Gasteiger partial charge in [-0.25, -0.2) is 4.79 Å². The summed E-state index contributed by atoms with van der Waals surface area (Å²) in [5.41, 5.74) is 7.72. The lowest BCUT2D eigenvalue weighted by Crippen LogP contribution is -2.25. The van der Waals surface area contributed by atoms with Gasteiger partial charge in [0.2, 0.25) is 0 Å². The largest absolute Gasteiger partial charge is 0.369 e. The van der Waals surface area contributed by atoms with E-state index in [2.05, 4.69) is 47.6 Å². The zero-order valence-corrected chi connectivity index (χ0v) is 17.7. The number of nitrogens with one attached hydrogen (secondary N) is 2. The van der Waals surface area contributed by atoms with Crippen molar-refractivity contribution in [2.24, 2.45) is 0 Å². The van der Waals surface area contributed by atoms with Crippen molar-refractivity contribution in [1.82, 2.24) is 0 Å². The van der Waals surface area contributed by atoms with Gasteiger partial charge in [0, 0.05) is 18.8 Å². The Labute approximate surface area is 169 Å². The molecule has 4 heteroatoms. The number of hydrogen-bond donors (Lipinski definition) is 2. The second-order valence-corrected chi connectivity index (χ2v) is 7.96. The topological polar surface area (TPSA) is 44.4 Å². The molecule has 28 heavy (non-hydrogen) atoms. The quantitative estimate of drug-likeness (QED) is 0.563. The van der Waals surface area contributed by atoms with E-state index in [-0.39, 0.29) is 6.03 Å². The normalized spacial score (nSPS) is 12.8. The van der Waals surface area contributed by atoms with Crippen LogP contribution in [0, 0.1) is 20.8 Å². The molecule has 2 N–H and O–H groups in total. The Morgan fingerprint density at radius 2 is 1.79 bits per heavy atom. The number of para-hydroxylation sites is 1. The minimum absolute atomic E-state index is 0.179. The molecule has 2 aromatic carbocycles. The highest BCUT2D eigenvalue weighted by atomic mass is 16.2. The van der Waals surface area contributed by atoms with Gasteiger partial charge in [-0.15, -0.1) is 0 Å². The number of urea groups is 1. The first-order valence-corrected chi connectivity index (χ1v) is 10.5. The molecule has 0 fully saturated rings. The van der Waals surface area contributed by atoms with Gasteiger partial charge < -0.3 is 15.5 Å². The smallest absolute Gasteiger partial charge is 0.323 e. The van der Waals surface area contributed by atoms with E-state index < -0.39 is 0 Å². The van der Waals surface area contributed by atoms with Crippen LogP contribution in [0.3, 0.4) is 0 Å². The SMILES string of the molecule is CCCCCCN1CCc2cccc(NC(=O)Nc3c(C)cc(C)cc3C)c21. The van der Waals surface area contributed by atoms with E-state index in [4.69, 9.17) is 0 Å². The number of rotatable bonds is 7. The number of aryl methyl sites for hydroxylation is 3. The summed E-state index contributed by atoms with van der Waals surface area (Å²) in [6.07, 6.45) is 6.07. The molecule has 0 unspecified atom stereocenters. The lowest BCUT2D eigenvalue weighted by Gasteiger charge is -2.23. The van der Waals surface area contributed by atoms with Gasteiger partial charge in [-0.05, 0) is 56.4 Å². The molecule has 4 nitrogen and oxygen atoms in total. The highest BCUT2D eigenvalue weighted by Crippen LogP contribution is 2.36. The Morgan fingerprint density at radius 3 is 2.50 bits per heavy atom. The Bertz CT molecular complexity index is 821. The van der Waals surface area contributed by atoms with E-state index in [1.165, 1.54) is 42.5 Å². The predicted octanol–water partition coefficient (Wildman–Crippen LogP) is 6.20. The maximum Gasteiger partial charge on any atom is 0.323 e. The van der Waals surface area contributed by atoms with Crippen LogP contribution < -0.4 is 15.5 Å². The average molecular weight is 380 g/mol. The van der Waals surface area contributed by atoms with Crippen molar-refractivity contribution in [3.8, 4) is 0 Å². The number of benzene rings is 2. The number of fused-ring (bicyclic) bond motifs is 1. The highest BCUT2D eigenvalue weighted by Gasteiger charge is 2.23. The second-order valence-electron chi connectivity index (χ2n) is 7.96. The molecule has 0 radical (unpaired) electrons. The summed E-state index contributed by atoms with van der Waals surface area (Å²) in [6, 6.07) is 10.2. The van der Waals surface area contributed by atoms with E-state index in [0.29, 0.717) is 0 Å². The zero-order valence-electron chi connectivity index (χ0n) is 17.7. The standard InChI is InChI=1S/C24H33N3O/c1-5-6-7-8-13-27-14-12-20-10-9-11-21(23(20)27)25-24(28)26-22-18(3)15-17(2)16-19(22)4/h9-11,15-16H,5-8,12-14H2,1-4H3,(H2,25,26,28). The van der Waals surface area contributed by atoms with Gasteiger partial charge in [-0.1, -0.05) is 56.0 Å². The van der Waals surface area contributed by atoms with Crippen LogP contribution in [-0.4, -0.2) is 19.1 Å². The first-order chi connectivity index (χ1) is 13.5. The highest BCUT2D eigenvalue weighted by molar-refractivity contribution is 6.03. The fourth-order valence-corrected chi connectivity index (χ4v) is 4.23. The molecule has 0 saturated heterocycles.